The third-order valence-electron chi connectivity index (χ3n) is 5.13. The summed E-state index contributed by atoms with van der Waals surface area (Å²) in [4.78, 5) is 30.0. The van der Waals surface area contributed by atoms with Gasteiger partial charge in [0.15, 0.2) is 0 Å². The Balaban J connectivity index is 0.000000360. The number of aliphatic carboxylic acids is 1. The molecule has 1 saturated heterocycles. The molecule has 172 valence electrons. The topological polar surface area (TPSA) is 116 Å². The van der Waals surface area contributed by atoms with Crippen LogP contribution >= 0.6 is 0 Å². The van der Waals surface area contributed by atoms with Crippen LogP contribution in [0.15, 0.2) is 30.6 Å². The highest BCUT2D eigenvalue weighted by Gasteiger charge is 2.38. The van der Waals surface area contributed by atoms with Crippen LogP contribution in [0, 0.1) is 0 Å². The highest BCUT2D eigenvalue weighted by atomic mass is 19.4. The molecule has 4 N–H and O–H groups in total. The molecule has 1 aromatic carbocycles. The number of anilines is 1. The number of fused-ring (bicyclic) bond motifs is 1. The normalized spacial score (nSPS) is 18.1. The van der Waals surface area contributed by atoms with Gasteiger partial charge in [0.25, 0.3) is 5.91 Å². The van der Waals surface area contributed by atoms with Crippen LogP contribution in [0.2, 0.25) is 0 Å². The van der Waals surface area contributed by atoms with Crippen molar-refractivity contribution in [3.63, 3.8) is 0 Å². The summed E-state index contributed by atoms with van der Waals surface area (Å²) in [5.74, 6) is -2.90. The summed E-state index contributed by atoms with van der Waals surface area (Å²) in [6.07, 6.45) is 1.11. The Morgan fingerprint density at radius 2 is 1.84 bits per heavy atom. The van der Waals surface area contributed by atoms with Crippen LogP contribution in [-0.2, 0) is 11.2 Å². The number of amides is 1. The molecule has 8 nitrogen and oxygen atoms in total. The van der Waals surface area contributed by atoms with Crippen molar-refractivity contribution in [3.05, 3.63) is 41.9 Å². The number of rotatable bonds is 3. The van der Waals surface area contributed by atoms with Crippen molar-refractivity contribution < 1.29 is 27.9 Å². The number of carbonyl (C=O) groups excluding carboxylic acids is 1. The number of alkyl halides is 3. The summed E-state index contributed by atoms with van der Waals surface area (Å²) in [6.45, 7) is 4.07. The highest BCUT2D eigenvalue weighted by Crippen LogP contribution is 2.29. The fourth-order valence-electron chi connectivity index (χ4n) is 3.53. The van der Waals surface area contributed by atoms with E-state index in [0.717, 1.165) is 43.6 Å². The Bertz CT molecular complexity index is 960. The van der Waals surface area contributed by atoms with Crippen molar-refractivity contribution in [2.24, 2.45) is 0 Å². The minimum absolute atomic E-state index is 0.141. The maximum Gasteiger partial charge on any atom is 0.490 e. The number of carbonyl (C=O) groups is 2. The van der Waals surface area contributed by atoms with Gasteiger partial charge in [-0.25, -0.2) is 9.78 Å². The van der Waals surface area contributed by atoms with Gasteiger partial charge in [0.05, 0.1) is 18.1 Å². The number of hydrogen-bond donors (Lipinski definition) is 4. The Hall–Kier alpha value is -3.21. The van der Waals surface area contributed by atoms with Crippen molar-refractivity contribution in [2.45, 2.75) is 44.4 Å². The van der Waals surface area contributed by atoms with Gasteiger partial charge in [-0.05, 0) is 57.0 Å². The first-order chi connectivity index (χ1) is 15.1. The zero-order chi connectivity index (χ0) is 23.3. The largest absolute Gasteiger partial charge is 0.490 e. The van der Waals surface area contributed by atoms with Crippen LogP contribution < -0.4 is 16.0 Å². The van der Waals surface area contributed by atoms with Crippen molar-refractivity contribution in [1.29, 1.82) is 0 Å². The molecule has 0 bridgehead atoms. The molecular weight excluding hydrogens is 427 g/mol. The summed E-state index contributed by atoms with van der Waals surface area (Å²) < 4.78 is 31.7. The fourth-order valence-corrected chi connectivity index (χ4v) is 3.53. The standard InChI is InChI=1S/C19H23N5O.C2HF3O2/c1-12-8-14-9-13(2-3-16(14)23-12)17-10-22-18(11-21-17)19(25)24-15-4-6-20-7-5-15;3-2(4,5)1(6)7/h2-3,9-12,15,20,23H,4-8H2,1H3,(H,24,25);(H,6,7)/t12-;/m0./s1. The predicted molar refractivity (Wildman–Crippen MR) is 111 cm³/mol. The number of carboxylic acids is 1. The number of hydrogen-bond acceptors (Lipinski definition) is 6. The van der Waals surface area contributed by atoms with E-state index in [1.807, 2.05) is 6.07 Å². The average molecular weight is 451 g/mol. The monoisotopic (exact) mass is 451 g/mol. The molecule has 2 aliphatic heterocycles. The summed E-state index contributed by atoms with van der Waals surface area (Å²) in [5.41, 5.74) is 4.70. The maximum absolute atomic E-state index is 12.3. The molecule has 1 atom stereocenters. The minimum Gasteiger partial charge on any atom is -0.475 e. The molecule has 1 amide bonds. The van der Waals surface area contributed by atoms with Gasteiger partial charge in [0, 0.05) is 23.3 Å². The molecule has 1 fully saturated rings. The first kappa shape index (κ1) is 23.5. The molecular formula is C21H24F3N5O3. The van der Waals surface area contributed by atoms with Crippen molar-refractivity contribution >= 4 is 17.6 Å². The molecule has 1 aromatic heterocycles. The van der Waals surface area contributed by atoms with Crippen molar-refractivity contribution in [2.75, 3.05) is 18.4 Å². The number of piperidine rings is 1. The molecule has 3 heterocycles. The summed E-state index contributed by atoms with van der Waals surface area (Å²) in [7, 11) is 0. The number of nitrogens with zero attached hydrogens (tertiary/aromatic N) is 2. The SMILES string of the molecule is C[C@H]1Cc2cc(-c3cnc(C(=O)NC4CCNCC4)cn3)ccc2N1.O=C(O)C(F)(F)F. The van der Waals surface area contributed by atoms with Gasteiger partial charge in [-0.15, -0.1) is 0 Å². The summed E-state index contributed by atoms with van der Waals surface area (Å²) in [6, 6.07) is 6.99. The Morgan fingerprint density at radius 3 is 2.44 bits per heavy atom. The van der Waals surface area contributed by atoms with Gasteiger partial charge in [-0.1, -0.05) is 6.07 Å². The second kappa shape index (κ2) is 9.94. The number of halogens is 3. The van der Waals surface area contributed by atoms with Gasteiger partial charge < -0.3 is 21.1 Å². The first-order valence-corrected chi connectivity index (χ1v) is 10.2. The van der Waals surface area contributed by atoms with E-state index in [-0.39, 0.29) is 11.9 Å². The second-order valence-electron chi connectivity index (χ2n) is 7.71. The van der Waals surface area contributed by atoms with Crippen LogP contribution in [0.5, 0.6) is 0 Å². The van der Waals surface area contributed by atoms with Crippen molar-refractivity contribution in [3.8, 4) is 11.3 Å². The van der Waals surface area contributed by atoms with Gasteiger partial charge >= 0.3 is 12.1 Å². The lowest BCUT2D eigenvalue weighted by Crippen LogP contribution is -2.42. The maximum atomic E-state index is 12.3. The molecule has 11 heteroatoms. The van der Waals surface area contributed by atoms with E-state index in [4.69, 9.17) is 9.90 Å². The molecule has 0 saturated carbocycles. The van der Waals surface area contributed by atoms with Gasteiger partial charge in [0.1, 0.15) is 5.69 Å². The third kappa shape index (κ3) is 6.16. The zero-order valence-corrected chi connectivity index (χ0v) is 17.4. The number of aromatic nitrogens is 2. The zero-order valence-electron chi connectivity index (χ0n) is 17.4. The molecule has 0 spiro atoms. The van der Waals surface area contributed by atoms with E-state index >= 15 is 0 Å². The number of nitrogens with one attached hydrogen (secondary N) is 3. The number of carboxylic acid groups (broad SMARTS) is 1. The molecule has 32 heavy (non-hydrogen) atoms. The third-order valence-corrected chi connectivity index (χ3v) is 5.13. The molecule has 2 aliphatic rings. The Labute approximate surface area is 182 Å². The van der Waals surface area contributed by atoms with E-state index < -0.39 is 12.1 Å². The predicted octanol–water partition coefficient (Wildman–Crippen LogP) is 2.62. The van der Waals surface area contributed by atoms with Gasteiger partial charge in [-0.2, -0.15) is 13.2 Å². The van der Waals surface area contributed by atoms with E-state index in [1.165, 1.54) is 11.3 Å². The second-order valence-corrected chi connectivity index (χ2v) is 7.71. The minimum atomic E-state index is -5.08. The van der Waals surface area contributed by atoms with E-state index in [1.54, 1.807) is 12.4 Å². The van der Waals surface area contributed by atoms with Crippen LogP contribution in [0.4, 0.5) is 18.9 Å². The van der Waals surface area contributed by atoms with E-state index in [9.17, 15) is 18.0 Å². The fraction of sp³-hybridized carbons (Fsp3) is 0.429. The average Bonchev–Trinajstić information content (AvgIpc) is 3.13. The lowest BCUT2D eigenvalue weighted by atomic mass is 10.1. The summed E-state index contributed by atoms with van der Waals surface area (Å²) >= 11 is 0. The quantitative estimate of drug-likeness (QED) is 0.567. The molecule has 0 unspecified atom stereocenters. The lowest BCUT2D eigenvalue weighted by Gasteiger charge is -2.23. The van der Waals surface area contributed by atoms with Crippen LogP contribution in [0.3, 0.4) is 0 Å². The molecule has 2 aromatic rings. The first-order valence-electron chi connectivity index (χ1n) is 10.2. The van der Waals surface area contributed by atoms with Crippen LogP contribution in [0.25, 0.3) is 11.3 Å². The molecule has 0 radical (unpaired) electrons. The lowest BCUT2D eigenvalue weighted by molar-refractivity contribution is -0.192. The van der Waals surface area contributed by atoms with Gasteiger partial charge in [-0.3, -0.25) is 9.78 Å². The Kier molecular flexibility index (Phi) is 7.29. The van der Waals surface area contributed by atoms with Crippen molar-refractivity contribution in [1.82, 2.24) is 20.6 Å². The van der Waals surface area contributed by atoms with Gasteiger partial charge in [0.2, 0.25) is 0 Å². The molecule has 0 aliphatic carbocycles. The molecule has 4 rings (SSSR count). The Morgan fingerprint density at radius 1 is 1.16 bits per heavy atom. The van der Waals surface area contributed by atoms with Crippen LogP contribution in [-0.4, -0.2) is 58.3 Å². The van der Waals surface area contributed by atoms with E-state index in [2.05, 4.69) is 45.0 Å². The highest BCUT2D eigenvalue weighted by molar-refractivity contribution is 5.92. The van der Waals surface area contributed by atoms with Crippen LogP contribution in [0.1, 0.15) is 35.8 Å². The summed E-state index contributed by atoms with van der Waals surface area (Å²) in [5, 5.41) is 16.9. The van der Waals surface area contributed by atoms with E-state index in [0.29, 0.717) is 11.7 Å². The smallest absolute Gasteiger partial charge is 0.475 e. The number of benzene rings is 1.